The number of carbonyl (C=O) groups is 1. The van der Waals surface area contributed by atoms with Gasteiger partial charge >= 0.3 is 0 Å². The van der Waals surface area contributed by atoms with Crippen LogP contribution in [0.25, 0.3) is 0 Å². The fraction of sp³-hybridized carbons (Fsp3) is 0.667. The molecule has 1 rings (SSSR count). The Balaban J connectivity index is 0.00000121. The lowest BCUT2D eigenvalue weighted by Gasteiger charge is -2.14. The Morgan fingerprint density at radius 2 is 1.83 bits per heavy atom. The number of hydrogen-bond acceptors (Lipinski definition) is 2. The third-order valence-corrected chi connectivity index (χ3v) is 1.87. The van der Waals surface area contributed by atoms with E-state index in [1.165, 1.54) is 6.42 Å². The van der Waals surface area contributed by atoms with Crippen molar-refractivity contribution >= 4 is 18.2 Å². The summed E-state index contributed by atoms with van der Waals surface area (Å²) in [5.74, 6) is 0.338. The largest absolute Gasteiger partial charge is 0.383 e. The van der Waals surface area contributed by atoms with E-state index in [0.717, 1.165) is 24.8 Å². The van der Waals surface area contributed by atoms with E-state index >= 15 is 0 Å². The number of rotatable bonds is 1. The van der Waals surface area contributed by atoms with Crippen molar-refractivity contribution in [2.24, 2.45) is 0 Å². The maximum atomic E-state index is 11.2. The van der Waals surface area contributed by atoms with Crippen LogP contribution in [0.15, 0.2) is 11.8 Å². The van der Waals surface area contributed by atoms with Gasteiger partial charge in [0.05, 0.1) is 0 Å². The number of nitrogens with zero attached hydrogens (tertiary/aromatic N) is 1. The molecule has 0 radical (unpaired) electrons. The van der Waals surface area contributed by atoms with Crippen LogP contribution in [0.4, 0.5) is 0 Å². The molecule has 0 aliphatic heterocycles. The Morgan fingerprint density at radius 1 is 1.25 bits per heavy atom. The molecule has 0 aromatic carbocycles. The number of Topliss-reactive ketones (excluding diaryl/α,β-unsaturated/α-hetero) is 1. The molecule has 1 saturated carbocycles. The number of halogens is 1. The highest BCUT2D eigenvalue weighted by Crippen LogP contribution is 2.19. The Morgan fingerprint density at radius 3 is 2.33 bits per heavy atom. The molecule has 12 heavy (non-hydrogen) atoms. The van der Waals surface area contributed by atoms with Crippen LogP contribution in [0.3, 0.4) is 0 Å². The SMILES string of the molecule is CN(C)C=C1CCCCC1=O.Cl. The Kier molecular flexibility index (Phi) is 4.98. The van der Waals surface area contributed by atoms with E-state index in [1.54, 1.807) is 0 Å². The van der Waals surface area contributed by atoms with Crippen LogP contribution in [-0.4, -0.2) is 24.8 Å². The van der Waals surface area contributed by atoms with Crippen LogP contribution in [0.2, 0.25) is 0 Å². The smallest absolute Gasteiger partial charge is 0.160 e. The standard InChI is InChI=1S/C9H15NO.ClH/c1-10(2)7-8-5-3-4-6-9(8)11;/h7H,3-6H2,1-2H3;1H. The molecule has 1 aliphatic rings. The average molecular weight is 190 g/mol. The molecule has 0 N–H and O–H groups in total. The molecule has 1 fully saturated rings. The van der Waals surface area contributed by atoms with Crippen molar-refractivity contribution < 1.29 is 4.79 Å². The molecule has 0 unspecified atom stereocenters. The minimum Gasteiger partial charge on any atom is -0.383 e. The molecule has 0 spiro atoms. The summed E-state index contributed by atoms with van der Waals surface area (Å²) >= 11 is 0. The maximum Gasteiger partial charge on any atom is 0.160 e. The second kappa shape index (κ2) is 5.20. The van der Waals surface area contributed by atoms with Crippen molar-refractivity contribution in [2.45, 2.75) is 25.7 Å². The minimum atomic E-state index is 0. The minimum absolute atomic E-state index is 0. The van der Waals surface area contributed by atoms with E-state index in [9.17, 15) is 4.79 Å². The molecule has 0 heterocycles. The summed E-state index contributed by atoms with van der Waals surface area (Å²) in [4.78, 5) is 13.2. The molecule has 0 atom stereocenters. The molecule has 3 heteroatoms. The van der Waals surface area contributed by atoms with Gasteiger partial charge in [0, 0.05) is 32.3 Å². The highest BCUT2D eigenvalue weighted by molar-refractivity contribution is 5.95. The lowest BCUT2D eigenvalue weighted by Crippen LogP contribution is -2.12. The number of hydrogen-bond donors (Lipinski definition) is 0. The molecule has 0 saturated heterocycles. The van der Waals surface area contributed by atoms with Crippen LogP contribution >= 0.6 is 12.4 Å². The van der Waals surface area contributed by atoms with Gasteiger partial charge in [-0.3, -0.25) is 4.79 Å². The Labute approximate surface area is 80.0 Å². The second-order valence-corrected chi connectivity index (χ2v) is 3.25. The van der Waals surface area contributed by atoms with E-state index < -0.39 is 0 Å². The summed E-state index contributed by atoms with van der Waals surface area (Å²) in [5.41, 5.74) is 1.00. The summed E-state index contributed by atoms with van der Waals surface area (Å²) in [6, 6.07) is 0. The number of allylic oxidation sites excluding steroid dienone is 1. The molecule has 0 aromatic heterocycles. The van der Waals surface area contributed by atoms with Gasteiger partial charge in [0.15, 0.2) is 5.78 Å². The van der Waals surface area contributed by atoms with Gasteiger partial charge in [0.25, 0.3) is 0 Å². The molecule has 0 bridgehead atoms. The highest BCUT2D eigenvalue weighted by atomic mass is 35.5. The lowest BCUT2D eigenvalue weighted by molar-refractivity contribution is -0.116. The zero-order valence-electron chi connectivity index (χ0n) is 7.67. The summed E-state index contributed by atoms with van der Waals surface area (Å²) in [6.07, 6.45) is 5.91. The van der Waals surface area contributed by atoms with Gasteiger partial charge in [-0.2, -0.15) is 0 Å². The number of ketones is 1. The fourth-order valence-electron chi connectivity index (χ4n) is 1.35. The molecule has 1 aliphatic carbocycles. The van der Waals surface area contributed by atoms with Crippen molar-refractivity contribution in [3.8, 4) is 0 Å². The first-order chi connectivity index (χ1) is 5.20. The van der Waals surface area contributed by atoms with Gasteiger partial charge < -0.3 is 4.90 Å². The highest BCUT2D eigenvalue weighted by Gasteiger charge is 2.14. The molecule has 0 amide bonds. The first-order valence-corrected chi connectivity index (χ1v) is 4.10. The van der Waals surface area contributed by atoms with Crippen LogP contribution in [0.5, 0.6) is 0 Å². The number of carbonyl (C=O) groups excluding carboxylic acids is 1. The first kappa shape index (κ1) is 11.5. The lowest BCUT2D eigenvalue weighted by atomic mass is 9.94. The molecule has 0 aromatic rings. The van der Waals surface area contributed by atoms with Crippen LogP contribution in [-0.2, 0) is 4.79 Å². The molecule has 70 valence electrons. The molecular weight excluding hydrogens is 174 g/mol. The average Bonchev–Trinajstić information content (AvgIpc) is 1.93. The third kappa shape index (κ3) is 3.26. The van der Waals surface area contributed by atoms with Crippen molar-refractivity contribution in [3.63, 3.8) is 0 Å². The van der Waals surface area contributed by atoms with E-state index in [0.29, 0.717) is 5.78 Å². The van der Waals surface area contributed by atoms with E-state index in [4.69, 9.17) is 0 Å². The zero-order chi connectivity index (χ0) is 8.27. The monoisotopic (exact) mass is 189 g/mol. The predicted molar refractivity (Wildman–Crippen MR) is 52.5 cm³/mol. The zero-order valence-corrected chi connectivity index (χ0v) is 8.49. The summed E-state index contributed by atoms with van der Waals surface area (Å²) < 4.78 is 0. The normalized spacial score (nSPS) is 20.5. The van der Waals surface area contributed by atoms with Gasteiger partial charge in [0.2, 0.25) is 0 Å². The van der Waals surface area contributed by atoms with Crippen LogP contribution < -0.4 is 0 Å². The summed E-state index contributed by atoms with van der Waals surface area (Å²) in [5, 5.41) is 0. The van der Waals surface area contributed by atoms with Gasteiger partial charge in [-0.15, -0.1) is 12.4 Å². The van der Waals surface area contributed by atoms with E-state index in [-0.39, 0.29) is 12.4 Å². The topological polar surface area (TPSA) is 20.3 Å². The Bertz CT molecular complexity index is 187. The van der Waals surface area contributed by atoms with Crippen molar-refractivity contribution in [3.05, 3.63) is 11.8 Å². The molecule has 2 nitrogen and oxygen atoms in total. The van der Waals surface area contributed by atoms with Gasteiger partial charge in [-0.05, 0) is 19.3 Å². The van der Waals surface area contributed by atoms with Crippen LogP contribution in [0.1, 0.15) is 25.7 Å². The van der Waals surface area contributed by atoms with Gasteiger partial charge in [-0.1, -0.05) is 0 Å². The fourth-order valence-corrected chi connectivity index (χ4v) is 1.35. The van der Waals surface area contributed by atoms with Crippen molar-refractivity contribution in [1.82, 2.24) is 4.90 Å². The second-order valence-electron chi connectivity index (χ2n) is 3.25. The van der Waals surface area contributed by atoms with Gasteiger partial charge in [-0.25, -0.2) is 0 Å². The Hall–Kier alpha value is -0.500. The third-order valence-electron chi connectivity index (χ3n) is 1.87. The molecular formula is C9H16ClNO. The van der Waals surface area contributed by atoms with Crippen LogP contribution in [0, 0.1) is 0 Å². The quantitative estimate of drug-likeness (QED) is 0.589. The van der Waals surface area contributed by atoms with E-state index in [2.05, 4.69) is 0 Å². The maximum absolute atomic E-state index is 11.2. The summed E-state index contributed by atoms with van der Waals surface area (Å²) in [7, 11) is 3.91. The van der Waals surface area contributed by atoms with Gasteiger partial charge in [0.1, 0.15) is 0 Å². The van der Waals surface area contributed by atoms with E-state index in [1.807, 2.05) is 25.2 Å². The first-order valence-electron chi connectivity index (χ1n) is 4.10. The van der Waals surface area contributed by atoms with Crippen molar-refractivity contribution in [2.75, 3.05) is 14.1 Å². The summed E-state index contributed by atoms with van der Waals surface area (Å²) in [6.45, 7) is 0. The van der Waals surface area contributed by atoms with Crippen molar-refractivity contribution in [1.29, 1.82) is 0 Å². The predicted octanol–water partition coefficient (Wildman–Crippen LogP) is 2.00.